The number of benzene rings is 2. The summed E-state index contributed by atoms with van der Waals surface area (Å²) in [7, 11) is 4.65. The zero-order valence-corrected chi connectivity index (χ0v) is 13.7. The van der Waals surface area contributed by atoms with Crippen LogP contribution in [0, 0.1) is 18.3 Å². The molecule has 2 rings (SSSR count). The minimum absolute atomic E-state index is 0.506. The molecule has 23 heavy (non-hydrogen) atoms. The lowest BCUT2D eigenvalue weighted by molar-refractivity contribution is 0.324. The summed E-state index contributed by atoms with van der Waals surface area (Å²) < 4.78 is 16.0. The molecule has 0 aliphatic rings. The van der Waals surface area contributed by atoms with Crippen LogP contribution in [0.3, 0.4) is 0 Å². The lowest BCUT2D eigenvalue weighted by Gasteiger charge is -2.13. The van der Waals surface area contributed by atoms with E-state index < -0.39 is 0 Å². The third-order valence-corrected chi connectivity index (χ3v) is 3.48. The maximum atomic E-state index is 9.52. The van der Waals surface area contributed by atoms with E-state index in [1.54, 1.807) is 33.5 Å². The smallest absolute Gasteiger partial charge is 0.203 e. The van der Waals surface area contributed by atoms with Crippen molar-refractivity contribution in [3.63, 3.8) is 0 Å². The minimum Gasteiger partial charge on any atom is -0.493 e. The molecule has 0 spiro atoms. The zero-order chi connectivity index (χ0) is 16.8. The highest BCUT2D eigenvalue weighted by molar-refractivity contribution is 5.90. The van der Waals surface area contributed by atoms with Gasteiger partial charge in [0, 0.05) is 0 Å². The van der Waals surface area contributed by atoms with Gasteiger partial charge in [0.25, 0.3) is 0 Å². The molecule has 0 saturated heterocycles. The highest BCUT2D eigenvalue weighted by Gasteiger charge is 2.15. The van der Waals surface area contributed by atoms with E-state index in [9.17, 15) is 5.26 Å². The average Bonchev–Trinajstić information content (AvgIpc) is 2.59. The van der Waals surface area contributed by atoms with Crippen molar-refractivity contribution in [1.82, 2.24) is 0 Å². The summed E-state index contributed by atoms with van der Waals surface area (Å²) in [6.45, 7) is 2.03. The first kappa shape index (κ1) is 16.4. The lowest BCUT2D eigenvalue weighted by atomic mass is 10.0. The molecule has 0 amide bonds. The molecule has 0 bridgehead atoms. The molecule has 0 fully saturated rings. The topological polar surface area (TPSA) is 51.5 Å². The summed E-state index contributed by atoms with van der Waals surface area (Å²) >= 11 is 0. The van der Waals surface area contributed by atoms with Gasteiger partial charge in [-0.15, -0.1) is 0 Å². The van der Waals surface area contributed by atoms with Gasteiger partial charge in [-0.05, 0) is 36.3 Å². The van der Waals surface area contributed by atoms with Gasteiger partial charge in [-0.3, -0.25) is 0 Å². The molecule has 0 saturated carbocycles. The molecular formula is C19H19NO3. The van der Waals surface area contributed by atoms with Gasteiger partial charge >= 0.3 is 0 Å². The summed E-state index contributed by atoms with van der Waals surface area (Å²) in [5.74, 6) is 1.55. The predicted octanol–water partition coefficient (Wildman–Crippen LogP) is 4.09. The number of nitriles is 1. The summed E-state index contributed by atoms with van der Waals surface area (Å²) in [5.41, 5.74) is 3.37. The summed E-state index contributed by atoms with van der Waals surface area (Å²) in [5, 5.41) is 9.52. The highest BCUT2D eigenvalue weighted by atomic mass is 16.5. The Kier molecular flexibility index (Phi) is 5.27. The molecule has 118 valence electrons. The molecule has 0 N–H and O–H groups in total. The van der Waals surface area contributed by atoms with E-state index in [0.717, 1.165) is 5.56 Å². The van der Waals surface area contributed by atoms with Crippen LogP contribution in [0.1, 0.15) is 16.7 Å². The Hall–Kier alpha value is -2.93. The van der Waals surface area contributed by atoms with Gasteiger partial charge in [0.2, 0.25) is 5.75 Å². The number of ether oxygens (including phenoxy) is 3. The fraction of sp³-hybridized carbons (Fsp3) is 0.211. The number of allylic oxidation sites excluding steroid dienone is 1. The molecule has 4 heteroatoms. The van der Waals surface area contributed by atoms with Gasteiger partial charge in [0.05, 0.1) is 33.0 Å². The monoisotopic (exact) mass is 309 g/mol. The summed E-state index contributed by atoms with van der Waals surface area (Å²) in [4.78, 5) is 0. The Morgan fingerprint density at radius 2 is 1.52 bits per heavy atom. The fourth-order valence-corrected chi connectivity index (χ4v) is 2.25. The molecule has 0 aliphatic carbocycles. The first-order valence-electron chi connectivity index (χ1n) is 7.11. The molecule has 0 aromatic heterocycles. The van der Waals surface area contributed by atoms with Crippen LogP contribution < -0.4 is 14.2 Å². The number of nitrogens with zero attached hydrogens (tertiary/aromatic N) is 1. The van der Waals surface area contributed by atoms with Crippen LogP contribution >= 0.6 is 0 Å². The number of aryl methyl sites for hydroxylation is 1. The number of rotatable bonds is 5. The SMILES string of the molecule is COc1cc(C(C#N)=Cc2ccc(C)cc2)cc(OC)c1OC. The fourth-order valence-electron chi connectivity index (χ4n) is 2.25. The first-order chi connectivity index (χ1) is 11.1. The molecule has 0 heterocycles. The largest absolute Gasteiger partial charge is 0.493 e. The molecular weight excluding hydrogens is 290 g/mol. The second kappa shape index (κ2) is 7.37. The van der Waals surface area contributed by atoms with E-state index in [-0.39, 0.29) is 0 Å². The Morgan fingerprint density at radius 3 is 1.96 bits per heavy atom. The molecule has 0 radical (unpaired) electrons. The van der Waals surface area contributed by atoms with Gasteiger partial charge in [-0.25, -0.2) is 0 Å². The predicted molar refractivity (Wildman–Crippen MR) is 90.8 cm³/mol. The zero-order valence-electron chi connectivity index (χ0n) is 13.7. The number of hydrogen-bond donors (Lipinski definition) is 0. The third-order valence-electron chi connectivity index (χ3n) is 3.48. The van der Waals surface area contributed by atoms with Gasteiger partial charge < -0.3 is 14.2 Å². The molecule has 4 nitrogen and oxygen atoms in total. The maximum absolute atomic E-state index is 9.52. The normalized spacial score (nSPS) is 10.8. The quantitative estimate of drug-likeness (QED) is 0.617. The minimum atomic E-state index is 0.506. The summed E-state index contributed by atoms with van der Waals surface area (Å²) in [6, 6.07) is 13.7. The maximum Gasteiger partial charge on any atom is 0.203 e. The van der Waals surface area contributed by atoms with Gasteiger partial charge in [0.1, 0.15) is 0 Å². The highest BCUT2D eigenvalue weighted by Crippen LogP contribution is 2.40. The first-order valence-corrected chi connectivity index (χ1v) is 7.11. The molecule has 0 unspecified atom stereocenters. The van der Waals surface area contributed by atoms with Crippen LogP contribution in [0.2, 0.25) is 0 Å². The summed E-state index contributed by atoms with van der Waals surface area (Å²) in [6.07, 6.45) is 1.83. The van der Waals surface area contributed by atoms with Crippen molar-refractivity contribution in [2.45, 2.75) is 6.92 Å². The van der Waals surface area contributed by atoms with Crippen LogP contribution in [0.4, 0.5) is 0 Å². The van der Waals surface area contributed by atoms with Crippen molar-refractivity contribution < 1.29 is 14.2 Å². The molecule has 0 atom stereocenters. The number of hydrogen-bond acceptors (Lipinski definition) is 4. The van der Waals surface area contributed by atoms with Gasteiger partial charge in [-0.1, -0.05) is 29.8 Å². The number of methoxy groups -OCH3 is 3. The molecule has 2 aromatic carbocycles. The van der Waals surface area contributed by atoms with E-state index in [1.165, 1.54) is 5.56 Å². The Morgan fingerprint density at radius 1 is 0.957 bits per heavy atom. The van der Waals surface area contributed by atoms with Crippen molar-refractivity contribution >= 4 is 11.6 Å². The van der Waals surface area contributed by atoms with Crippen molar-refractivity contribution in [2.24, 2.45) is 0 Å². The Balaban J connectivity index is 2.53. The van der Waals surface area contributed by atoms with Crippen LogP contribution in [0.25, 0.3) is 11.6 Å². The second-order valence-corrected chi connectivity index (χ2v) is 4.99. The van der Waals surface area contributed by atoms with Crippen molar-refractivity contribution in [3.05, 3.63) is 53.1 Å². The molecule has 0 aliphatic heterocycles. The van der Waals surface area contributed by atoms with E-state index in [4.69, 9.17) is 14.2 Å². The Labute approximate surface area is 136 Å². The van der Waals surface area contributed by atoms with Gasteiger partial charge in [0.15, 0.2) is 11.5 Å². The van der Waals surface area contributed by atoms with Crippen molar-refractivity contribution in [1.29, 1.82) is 5.26 Å². The van der Waals surface area contributed by atoms with E-state index in [1.807, 2.05) is 37.3 Å². The van der Waals surface area contributed by atoms with Crippen molar-refractivity contribution in [2.75, 3.05) is 21.3 Å². The van der Waals surface area contributed by atoms with E-state index in [0.29, 0.717) is 28.4 Å². The van der Waals surface area contributed by atoms with Gasteiger partial charge in [-0.2, -0.15) is 5.26 Å². The van der Waals surface area contributed by atoms with Crippen LogP contribution in [-0.4, -0.2) is 21.3 Å². The van der Waals surface area contributed by atoms with E-state index >= 15 is 0 Å². The average molecular weight is 309 g/mol. The third kappa shape index (κ3) is 3.64. The second-order valence-electron chi connectivity index (χ2n) is 4.99. The molecule has 2 aromatic rings. The van der Waals surface area contributed by atoms with Crippen LogP contribution in [-0.2, 0) is 0 Å². The standard InChI is InChI=1S/C19H19NO3/c1-13-5-7-14(8-6-13)9-16(12-20)15-10-17(21-2)19(23-4)18(11-15)22-3/h5-11H,1-4H3. The lowest BCUT2D eigenvalue weighted by Crippen LogP contribution is -1.96. The van der Waals surface area contributed by atoms with E-state index in [2.05, 4.69) is 6.07 Å². The van der Waals surface area contributed by atoms with Crippen LogP contribution in [0.5, 0.6) is 17.2 Å². The van der Waals surface area contributed by atoms with Crippen LogP contribution in [0.15, 0.2) is 36.4 Å². The van der Waals surface area contributed by atoms with Crippen molar-refractivity contribution in [3.8, 4) is 23.3 Å². The Bertz CT molecular complexity index is 730.